The third-order valence-electron chi connectivity index (χ3n) is 4.47. The molecule has 0 saturated heterocycles. The van der Waals surface area contributed by atoms with E-state index in [-0.39, 0.29) is 21.3 Å². The lowest BCUT2D eigenvalue weighted by molar-refractivity contribution is 0.0526. The number of pyridine rings is 1. The molecule has 6 nitrogen and oxygen atoms in total. The zero-order valence-corrected chi connectivity index (χ0v) is 17.3. The number of halogens is 2. The van der Waals surface area contributed by atoms with E-state index in [2.05, 4.69) is 10.1 Å². The number of carbonyl (C=O) groups excluding carboxylic acids is 2. The summed E-state index contributed by atoms with van der Waals surface area (Å²) in [6, 6.07) is 15.1. The molecule has 0 fully saturated rings. The SMILES string of the molecule is CCOC(=O)c1ccc(-n2nc(C(=O)c3c(Cl)cccc3Cl)c3cccnc32)cc1. The predicted molar refractivity (Wildman–Crippen MR) is 115 cm³/mol. The molecule has 0 amide bonds. The van der Waals surface area contributed by atoms with Gasteiger partial charge in [0.25, 0.3) is 0 Å². The Morgan fingerprint density at radius 3 is 2.37 bits per heavy atom. The molecule has 30 heavy (non-hydrogen) atoms. The average molecular weight is 440 g/mol. The highest BCUT2D eigenvalue weighted by molar-refractivity contribution is 6.41. The highest BCUT2D eigenvalue weighted by Gasteiger charge is 2.24. The fourth-order valence-electron chi connectivity index (χ4n) is 3.09. The summed E-state index contributed by atoms with van der Waals surface area (Å²) in [4.78, 5) is 29.5. The third-order valence-corrected chi connectivity index (χ3v) is 5.10. The van der Waals surface area contributed by atoms with Crippen LogP contribution in [0.1, 0.15) is 33.3 Å². The molecule has 0 aliphatic heterocycles. The lowest BCUT2D eigenvalue weighted by Crippen LogP contribution is -2.07. The van der Waals surface area contributed by atoms with Crippen LogP contribution in [0.5, 0.6) is 0 Å². The Morgan fingerprint density at radius 2 is 1.70 bits per heavy atom. The number of carbonyl (C=O) groups is 2. The van der Waals surface area contributed by atoms with E-state index in [1.165, 1.54) is 0 Å². The summed E-state index contributed by atoms with van der Waals surface area (Å²) < 4.78 is 6.55. The van der Waals surface area contributed by atoms with E-state index in [0.29, 0.717) is 28.9 Å². The molecule has 0 bridgehead atoms. The smallest absolute Gasteiger partial charge is 0.338 e. The molecule has 0 atom stereocenters. The maximum atomic E-state index is 13.2. The first-order valence-electron chi connectivity index (χ1n) is 9.11. The quantitative estimate of drug-likeness (QED) is 0.318. The van der Waals surface area contributed by atoms with Gasteiger partial charge in [0.15, 0.2) is 5.65 Å². The summed E-state index contributed by atoms with van der Waals surface area (Å²) in [6.07, 6.45) is 1.62. The van der Waals surface area contributed by atoms with E-state index in [9.17, 15) is 9.59 Å². The van der Waals surface area contributed by atoms with Crippen LogP contribution in [0.25, 0.3) is 16.7 Å². The van der Waals surface area contributed by atoms with E-state index < -0.39 is 11.8 Å². The summed E-state index contributed by atoms with van der Waals surface area (Å²) >= 11 is 12.4. The predicted octanol–water partition coefficient (Wildman–Crippen LogP) is 5.14. The number of esters is 1. The van der Waals surface area contributed by atoms with Gasteiger partial charge >= 0.3 is 5.97 Å². The molecule has 4 rings (SSSR count). The minimum absolute atomic E-state index is 0.183. The van der Waals surface area contributed by atoms with Crippen LogP contribution in [0, 0.1) is 0 Å². The molecule has 2 aromatic carbocycles. The first-order valence-corrected chi connectivity index (χ1v) is 9.87. The number of ketones is 1. The number of hydrogen-bond donors (Lipinski definition) is 0. The number of nitrogens with zero attached hydrogens (tertiary/aromatic N) is 3. The standard InChI is InChI=1S/C22H15Cl2N3O3/c1-2-30-22(29)13-8-10-14(11-9-13)27-21-15(5-4-12-25-21)19(26-27)20(28)18-16(23)6-3-7-17(18)24/h3-12H,2H2,1H3. The summed E-state index contributed by atoms with van der Waals surface area (Å²) in [6.45, 7) is 2.04. The van der Waals surface area contributed by atoms with Crippen molar-refractivity contribution < 1.29 is 14.3 Å². The van der Waals surface area contributed by atoms with Gasteiger partial charge in [-0.1, -0.05) is 29.3 Å². The third kappa shape index (κ3) is 3.56. The lowest BCUT2D eigenvalue weighted by atomic mass is 10.1. The van der Waals surface area contributed by atoms with Crippen LogP contribution in [-0.2, 0) is 4.74 Å². The van der Waals surface area contributed by atoms with Crippen LogP contribution in [0.4, 0.5) is 0 Å². The number of ether oxygens (including phenoxy) is 1. The number of benzene rings is 2. The molecule has 8 heteroatoms. The molecular formula is C22H15Cl2N3O3. The van der Waals surface area contributed by atoms with E-state index in [0.717, 1.165) is 0 Å². The van der Waals surface area contributed by atoms with Gasteiger partial charge < -0.3 is 4.74 Å². The zero-order chi connectivity index (χ0) is 21.3. The van der Waals surface area contributed by atoms with Gasteiger partial charge in [0.1, 0.15) is 5.69 Å². The maximum Gasteiger partial charge on any atom is 0.338 e. The van der Waals surface area contributed by atoms with E-state index in [1.807, 2.05) is 0 Å². The van der Waals surface area contributed by atoms with Crippen LogP contribution in [-0.4, -0.2) is 33.1 Å². The Bertz CT molecular complexity index is 1250. The number of rotatable bonds is 5. The van der Waals surface area contributed by atoms with Gasteiger partial charge in [-0.3, -0.25) is 4.79 Å². The number of aromatic nitrogens is 3. The molecule has 0 aliphatic rings. The second-order valence-corrected chi connectivity index (χ2v) is 7.14. The van der Waals surface area contributed by atoms with Gasteiger partial charge in [-0.2, -0.15) is 5.10 Å². The Balaban J connectivity index is 1.82. The fourth-order valence-corrected chi connectivity index (χ4v) is 3.65. The molecule has 0 radical (unpaired) electrons. The van der Waals surface area contributed by atoms with Crippen molar-refractivity contribution >= 4 is 46.0 Å². The lowest BCUT2D eigenvalue weighted by Gasteiger charge is -2.05. The Kier molecular flexibility index (Phi) is 5.53. The summed E-state index contributed by atoms with van der Waals surface area (Å²) in [7, 11) is 0. The number of hydrogen-bond acceptors (Lipinski definition) is 5. The molecule has 0 N–H and O–H groups in total. The normalized spacial score (nSPS) is 10.9. The van der Waals surface area contributed by atoms with E-state index in [4.69, 9.17) is 27.9 Å². The van der Waals surface area contributed by atoms with Crippen molar-refractivity contribution in [1.82, 2.24) is 14.8 Å². The Hall–Kier alpha value is -3.22. The first kappa shape index (κ1) is 20.1. The van der Waals surface area contributed by atoms with Gasteiger partial charge in [0.2, 0.25) is 5.78 Å². The van der Waals surface area contributed by atoms with Gasteiger partial charge in [-0.15, -0.1) is 0 Å². The summed E-state index contributed by atoms with van der Waals surface area (Å²) in [5.74, 6) is -0.803. The fraction of sp³-hybridized carbons (Fsp3) is 0.0909. The topological polar surface area (TPSA) is 74.1 Å². The van der Waals surface area contributed by atoms with Crippen LogP contribution in [0.15, 0.2) is 60.8 Å². The van der Waals surface area contributed by atoms with Gasteiger partial charge in [0, 0.05) is 6.20 Å². The molecule has 2 heterocycles. The van der Waals surface area contributed by atoms with Crippen LogP contribution >= 0.6 is 23.2 Å². The zero-order valence-electron chi connectivity index (χ0n) is 15.8. The highest BCUT2D eigenvalue weighted by Crippen LogP contribution is 2.29. The minimum Gasteiger partial charge on any atom is -0.462 e. The van der Waals surface area contributed by atoms with Crippen molar-refractivity contribution in [2.75, 3.05) is 6.61 Å². The molecular weight excluding hydrogens is 425 g/mol. The molecule has 0 saturated carbocycles. The van der Waals surface area contributed by atoms with Crippen molar-refractivity contribution in [1.29, 1.82) is 0 Å². The molecule has 0 unspecified atom stereocenters. The Labute approximate surface area is 182 Å². The molecule has 2 aromatic heterocycles. The number of fused-ring (bicyclic) bond motifs is 1. The van der Waals surface area contributed by atoms with E-state index >= 15 is 0 Å². The van der Waals surface area contributed by atoms with Crippen molar-refractivity contribution in [2.45, 2.75) is 6.92 Å². The van der Waals surface area contributed by atoms with Crippen molar-refractivity contribution in [3.8, 4) is 5.69 Å². The average Bonchev–Trinajstić information content (AvgIpc) is 3.13. The largest absolute Gasteiger partial charge is 0.462 e. The molecule has 4 aromatic rings. The maximum absolute atomic E-state index is 13.2. The summed E-state index contributed by atoms with van der Waals surface area (Å²) in [5, 5.41) is 5.56. The van der Waals surface area contributed by atoms with Gasteiger partial charge in [-0.05, 0) is 55.5 Å². The van der Waals surface area contributed by atoms with E-state index in [1.54, 1.807) is 72.4 Å². The molecule has 0 spiro atoms. The Morgan fingerprint density at radius 1 is 1.00 bits per heavy atom. The highest BCUT2D eigenvalue weighted by atomic mass is 35.5. The van der Waals surface area contributed by atoms with Crippen molar-refractivity contribution in [2.24, 2.45) is 0 Å². The van der Waals surface area contributed by atoms with Crippen LogP contribution < -0.4 is 0 Å². The van der Waals surface area contributed by atoms with Crippen LogP contribution in [0.3, 0.4) is 0 Å². The van der Waals surface area contributed by atoms with Gasteiger partial charge in [-0.25, -0.2) is 14.5 Å². The van der Waals surface area contributed by atoms with Crippen molar-refractivity contribution in [3.63, 3.8) is 0 Å². The van der Waals surface area contributed by atoms with Crippen LogP contribution in [0.2, 0.25) is 10.0 Å². The van der Waals surface area contributed by atoms with Gasteiger partial charge in [0.05, 0.1) is 38.9 Å². The molecule has 0 aliphatic carbocycles. The first-order chi connectivity index (χ1) is 14.5. The van der Waals surface area contributed by atoms with Crippen molar-refractivity contribution in [3.05, 3.63) is 87.7 Å². The molecule has 150 valence electrons. The second kappa shape index (κ2) is 8.26. The summed E-state index contributed by atoms with van der Waals surface area (Å²) in [5.41, 5.74) is 1.92. The minimum atomic E-state index is -0.406. The second-order valence-electron chi connectivity index (χ2n) is 6.33. The monoisotopic (exact) mass is 439 g/mol.